The summed E-state index contributed by atoms with van der Waals surface area (Å²) in [5.74, 6) is -0.119. The van der Waals surface area contributed by atoms with Crippen molar-refractivity contribution in [2.75, 3.05) is 4.90 Å². The summed E-state index contributed by atoms with van der Waals surface area (Å²) in [5.41, 5.74) is 3.41. The molecule has 0 saturated carbocycles. The Morgan fingerprint density at radius 3 is 2.50 bits per heavy atom. The first kappa shape index (κ1) is 15.4. The molecule has 3 rings (SSSR count). The van der Waals surface area contributed by atoms with Gasteiger partial charge in [-0.1, -0.05) is 18.2 Å². The number of amides is 1. The van der Waals surface area contributed by atoms with E-state index in [9.17, 15) is 4.79 Å². The average molecular weight is 393 g/mol. The van der Waals surface area contributed by atoms with Crippen molar-refractivity contribution in [3.05, 3.63) is 55.8 Å². The topological polar surface area (TPSA) is 32.3 Å². The Bertz CT molecular complexity index is 790. The van der Waals surface area contributed by atoms with Crippen molar-refractivity contribution in [3.63, 3.8) is 0 Å². The molecular formula is C16H13BrN2OS2. The first-order valence-corrected chi connectivity index (χ1v) is 8.68. The fourth-order valence-electron chi connectivity index (χ4n) is 2.44. The lowest BCUT2D eigenvalue weighted by atomic mass is 10.1. The number of thiocarbonyl (C=S) groups is 1. The zero-order chi connectivity index (χ0) is 15.9. The van der Waals surface area contributed by atoms with Gasteiger partial charge in [0.15, 0.2) is 5.11 Å². The van der Waals surface area contributed by atoms with Gasteiger partial charge in [-0.3, -0.25) is 9.69 Å². The lowest BCUT2D eigenvalue weighted by molar-refractivity contribution is -0.113. The maximum atomic E-state index is 12.7. The van der Waals surface area contributed by atoms with E-state index in [-0.39, 0.29) is 5.91 Å². The number of anilines is 1. The fraction of sp³-hybridized carbons (Fsp3) is 0.125. The van der Waals surface area contributed by atoms with Crippen molar-refractivity contribution in [2.45, 2.75) is 13.8 Å². The lowest BCUT2D eigenvalue weighted by Crippen LogP contribution is -2.31. The quantitative estimate of drug-likeness (QED) is 0.607. The average Bonchev–Trinajstić information content (AvgIpc) is 2.97. The largest absolute Gasteiger partial charge is 0.327 e. The second-order valence-corrected chi connectivity index (χ2v) is 7.89. The molecule has 3 nitrogen and oxygen atoms in total. The minimum Gasteiger partial charge on any atom is -0.327 e. The van der Waals surface area contributed by atoms with E-state index in [0.717, 1.165) is 25.5 Å². The molecule has 0 spiro atoms. The summed E-state index contributed by atoms with van der Waals surface area (Å²) in [6, 6.07) is 9.86. The number of para-hydroxylation sites is 1. The third kappa shape index (κ3) is 2.74. The molecule has 0 atom stereocenters. The Morgan fingerprint density at radius 1 is 1.23 bits per heavy atom. The molecule has 2 heterocycles. The van der Waals surface area contributed by atoms with Gasteiger partial charge in [-0.15, -0.1) is 11.3 Å². The van der Waals surface area contributed by atoms with Gasteiger partial charge in [0.2, 0.25) is 0 Å². The normalized spacial score (nSPS) is 16.5. The summed E-state index contributed by atoms with van der Waals surface area (Å²) in [7, 11) is 0. The number of hydrogen-bond donors (Lipinski definition) is 1. The summed E-state index contributed by atoms with van der Waals surface area (Å²) >= 11 is 10.4. The molecule has 0 aliphatic carbocycles. The van der Waals surface area contributed by atoms with E-state index >= 15 is 0 Å². The van der Waals surface area contributed by atoms with Crippen LogP contribution in [0, 0.1) is 13.8 Å². The van der Waals surface area contributed by atoms with Crippen LogP contribution in [0.1, 0.15) is 16.0 Å². The van der Waals surface area contributed by atoms with Crippen LogP contribution < -0.4 is 10.2 Å². The van der Waals surface area contributed by atoms with E-state index in [1.807, 2.05) is 50.3 Å². The van der Waals surface area contributed by atoms with Crippen LogP contribution in [0.15, 0.2) is 39.8 Å². The van der Waals surface area contributed by atoms with Crippen LogP contribution >= 0.6 is 39.5 Å². The van der Waals surface area contributed by atoms with Gasteiger partial charge in [0.25, 0.3) is 5.91 Å². The fourth-order valence-corrected chi connectivity index (χ4v) is 4.10. The summed E-state index contributed by atoms with van der Waals surface area (Å²) in [5, 5.41) is 3.45. The van der Waals surface area contributed by atoms with E-state index in [1.54, 1.807) is 16.2 Å². The zero-order valence-corrected chi connectivity index (χ0v) is 15.2. The summed E-state index contributed by atoms with van der Waals surface area (Å²) in [4.78, 5) is 15.3. The highest BCUT2D eigenvalue weighted by atomic mass is 79.9. The molecule has 2 aromatic rings. The first-order chi connectivity index (χ1) is 10.5. The maximum absolute atomic E-state index is 12.7. The van der Waals surface area contributed by atoms with E-state index in [1.165, 1.54) is 0 Å². The number of nitrogens with one attached hydrogen (secondary N) is 1. The van der Waals surface area contributed by atoms with Crippen LogP contribution in [-0.4, -0.2) is 11.0 Å². The number of nitrogens with zero attached hydrogens (tertiary/aromatic N) is 1. The summed E-state index contributed by atoms with van der Waals surface area (Å²) in [6.45, 7) is 3.96. The van der Waals surface area contributed by atoms with Crippen LogP contribution in [0.5, 0.6) is 0 Å². The van der Waals surface area contributed by atoms with Gasteiger partial charge in [-0.2, -0.15) is 0 Å². The van der Waals surface area contributed by atoms with Gasteiger partial charge in [-0.05, 0) is 71.3 Å². The molecule has 1 aromatic heterocycles. The first-order valence-electron chi connectivity index (χ1n) is 6.66. The highest BCUT2D eigenvalue weighted by molar-refractivity contribution is 9.11. The van der Waals surface area contributed by atoms with E-state index in [4.69, 9.17) is 12.2 Å². The Hall–Kier alpha value is -1.50. The van der Waals surface area contributed by atoms with Gasteiger partial charge in [0.05, 0.1) is 9.47 Å². The van der Waals surface area contributed by atoms with Crippen molar-refractivity contribution in [1.29, 1.82) is 0 Å². The van der Waals surface area contributed by atoms with E-state index in [0.29, 0.717) is 10.8 Å². The third-order valence-electron chi connectivity index (χ3n) is 3.42. The monoisotopic (exact) mass is 392 g/mol. The minimum absolute atomic E-state index is 0.119. The summed E-state index contributed by atoms with van der Waals surface area (Å²) < 4.78 is 1.03. The number of carbonyl (C=O) groups excluding carboxylic acids is 1. The zero-order valence-electron chi connectivity index (χ0n) is 12.0. The van der Waals surface area contributed by atoms with Crippen LogP contribution in [0.4, 0.5) is 5.69 Å². The number of halogens is 1. The smallest absolute Gasteiger partial charge is 0.281 e. The lowest BCUT2D eigenvalue weighted by Gasteiger charge is -2.19. The SMILES string of the molecule is Cc1cccc(C)c1N1C(=O)/C(=C\c2ccc(Br)s2)NC1=S. The molecule has 112 valence electrons. The van der Waals surface area contributed by atoms with Gasteiger partial charge in [0, 0.05) is 4.88 Å². The minimum atomic E-state index is -0.119. The molecule has 0 unspecified atom stereocenters. The molecule has 22 heavy (non-hydrogen) atoms. The predicted octanol–water partition coefficient (Wildman–Crippen LogP) is 4.39. The van der Waals surface area contributed by atoms with Gasteiger partial charge < -0.3 is 5.32 Å². The predicted molar refractivity (Wildman–Crippen MR) is 99.1 cm³/mol. The molecule has 1 saturated heterocycles. The Labute approximate surface area is 146 Å². The number of benzene rings is 1. The van der Waals surface area contributed by atoms with Gasteiger partial charge in [-0.25, -0.2) is 0 Å². The number of hydrogen-bond acceptors (Lipinski definition) is 3. The van der Waals surface area contributed by atoms with Crippen LogP contribution in [0.3, 0.4) is 0 Å². The Balaban J connectivity index is 2.00. The van der Waals surface area contributed by atoms with E-state index < -0.39 is 0 Å². The van der Waals surface area contributed by atoms with Crippen molar-refractivity contribution >= 4 is 62.3 Å². The number of thiophene rings is 1. The van der Waals surface area contributed by atoms with Crippen molar-refractivity contribution in [2.24, 2.45) is 0 Å². The Kier molecular flexibility index (Phi) is 4.16. The van der Waals surface area contributed by atoms with Crippen LogP contribution in [0.2, 0.25) is 0 Å². The molecule has 1 aliphatic heterocycles. The van der Waals surface area contributed by atoms with Crippen LogP contribution in [-0.2, 0) is 4.79 Å². The van der Waals surface area contributed by atoms with Gasteiger partial charge in [0.1, 0.15) is 5.70 Å². The molecule has 1 fully saturated rings. The highest BCUT2D eigenvalue weighted by Crippen LogP contribution is 2.30. The van der Waals surface area contributed by atoms with Crippen LogP contribution in [0.25, 0.3) is 6.08 Å². The molecule has 1 amide bonds. The van der Waals surface area contributed by atoms with Crippen molar-refractivity contribution in [1.82, 2.24) is 5.32 Å². The summed E-state index contributed by atoms with van der Waals surface area (Å²) in [6.07, 6.45) is 1.83. The van der Waals surface area contributed by atoms with Crippen molar-refractivity contribution in [3.8, 4) is 0 Å². The molecule has 6 heteroatoms. The molecule has 0 radical (unpaired) electrons. The maximum Gasteiger partial charge on any atom is 0.281 e. The third-order valence-corrected chi connectivity index (χ3v) is 5.28. The standard InChI is InChI=1S/C16H13BrN2OS2/c1-9-4-3-5-10(2)14(9)19-15(20)12(18-16(19)21)8-11-6-7-13(17)22-11/h3-8H,1-2H3,(H,18,21)/b12-8+. The number of aryl methyl sites for hydroxylation is 2. The molecule has 1 aromatic carbocycles. The Morgan fingerprint density at radius 2 is 1.91 bits per heavy atom. The van der Waals surface area contributed by atoms with Gasteiger partial charge >= 0.3 is 0 Å². The second-order valence-electron chi connectivity index (χ2n) is 5.01. The molecule has 1 N–H and O–H groups in total. The molecular weight excluding hydrogens is 380 g/mol. The van der Waals surface area contributed by atoms with Crippen molar-refractivity contribution < 1.29 is 4.79 Å². The second kappa shape index (κ2) is 5.95. The van der Waals surface area contributed by atoms with E-state index in [2.05, 4.69) is 21.2 Å². The molecule has 0 bridgehead atoms. The molecule has 1 aliphatic rings. The highest BCUT2D eigenvalue weighted by Gasteiger charge is 2.33. The number of rotatable bonds is 2. The number of carbonyl (C=O) groups is 1.